The van der Waals surface area contributed by atoms with Crippen LogP contribution in [0.15, 0.2) is 127 Å². The first-order valence-electron chi connectivity index (χ1n) is 16.5. The number of hydrogen-bond donors (Lipinski definition) is 1. The fourth-order valence-electron chi connectivity index (χ4n) is 6.14. The van der Waals surface area contributed by atoms with Crippen molar-refractivity contribution in [3.8, 4) is 11.1 Å². The number of anilines is 2. The summed E-state index contributed by atoms with van der Waals surface area (Å²) in [7, 11) is 0. The molecule has 0 saturated carbocycles. The number of benzene rings is 4. The molecule has 2 heteroatoms. The van der Waals surface area contributed by atoms with Gasteiger partial charge in [-0.2, -0.15) is 12.6 Å². The van der Waals surface area contributed by atoms with Crippen molar-refractivity contribution in [2.75, 3.05) is 11.2 Å². The van der Waals surface area contributed by atoms with Crippen LogP contribution in [-0.4, -0.2) is 6.26 Å². The Kier molecular flexibility index (Phi) is 12.4. The number of thiol groups is 1. The summed E-state index contributed by atoms with van der Waals surface area (Å²) in [5.74, 6) is 0.293. The second kappa shape index (κ2) is 15.4. The first-order chi connectivity index (χ1) is 21.6. The summed E-state index contributed by atoms with van der Waals surface area (Å²) in [6.07, 6.45) is 6.32. The van der Waals surface area contributed by atoms with Crippen LogP contribution < -0.4 is 4.90 Å². The van der Waals surface area contributed by atoms with Crippen molar-refractivity contribution in [1.29, 1.82) is 0 Å². The summed E-state index contributed by atoms with van der Waals surface area (Å²) in [5.41, 5.74) is 11.7. The molecule has 0 N–H and O–H groups in total. The average molecular weight is 632 g/mol. The summed E-state index contributed by atoms with van der Waals surface area (Å²) in [6, 6.07) is 37.9. The maximum absolute atomic E-state index is 3.53. The zero-order chi connectivity index (χ0) is 34.3. The highest BCUT2D eigenvalue weighted by molar-refractivity contribution is 7.79. The van der Waals surface area contributed by atoms with E-state index in [4.69, 9.17) is 0 Å². The fourth-order valence-corrected chi connectivity index (χ4v) is 6.14. The Morgan fingerprint density at radius 3 is 1.35 bits per heavy atom. The lowest BCUT2D eigenvalue weighted by atomic mass is 9.72. The van der Waals surface area contributed by atoms with E-state index in [1.54, 1.807) is 6.26 Å². The molecule has 244 valence electrons. The molecule has 1 atom stereocenters. The van der Waals surface area contributed by atoms with Crippen molar-refractivity contribution in [2.24, 2.45) is 5.41 Å². The van der Waals surface area contributed by atoms with Crippen LogP contribution in [0, 0.1) is 5.41 Å². The highest BCUT2D eigenvalue weighted by atomic mass is 32.1. The maximum Gasteiger partial charge on any atom is 0.0458 e. The molecule has 0 saturated heterocycles. The maximum atomic E-state index is 3.53. The standard InChI is InChI=1S/C43H53N.CH4S/c1-31(40(43(9,10)11)35-21-19-34(20-22-35)33-15-13-12-14-16-33)17-18-32(2)44(38-27-23-36(24-28-38)41(3,4)5)39-29-25-37(26-30-39)42(6,7)8;1-2/h12-30,40H,1-11H3;2H,1H3/b31-17+,32-18+;. The summed E-state index contributed by atoms with van der Waals surface area (Å²) >= 11 is 3.53. The van der Waals surface area contributed by atoms with Gasteiger partial charge < -0.3 is 4.90 Å². The molecule has 0 amide bonds. The molecule has 0 aliphatic rings. The molecule has 4 rings (SSSR count). The number of hydrogen-bond acceptors (Lipinski definition) is 2. The minimum atomic E-state index is 0.0713. The lowest BCUT2D eigenvalue weighted by Gasteiger charge is -2.32. The predicted molar refractivity (Wildman–Crippen MR) is 209 cm³/mol. The summed E-state index contributed by atoms with van der Waals surface area (Å²) in [5, 5.41) is 0. The van der Waals surface area contributed by atoms with Gasteiger partial charge in [0.1, 0.15) is 0 Å². The van der Waals surface area contributed by atoms with Gasteiger partial charge in [0.2, 0.25) is 0 Å². The first-order valence-corrected chi connectivity index (χ1v) is 17.4. The lowest BCUT2D eigenvalue weighted by Crippen LogP contribution is -2.20. The molecule has 0 spiro atoms. The van der Waals surface area contributed by atoms with Gasteiger partial charge in [0, 0.05) is 23.0 Å². The molecular weight excluding hydrogens is 575 g/mol. The van der Waals surface area contributed by atoms with Gasteiger partial charge in [-0.3, -0.25) is 0 Å². The molecule has 1 nitrogen and oxygen atoms in total. The Balaban J connectivity index is 0.00000282. The van der Waals surface area contributed by atoms with Gasteiger partial charge in [0.25, 0.3) is 0 Å². The van der Waals surface area contributed by atoms with E-state index in [2.05, 4.69) is 209 Å². The molecule has 4 aromatic carbocycles. The summed E-state index contributed by atoms with van der Waals surface area (Å²) in [6.45, 7) is 25.1. The molecule has 1 unspecified atom stereocenters. The monoisotopic (exact) mass is 631 g/mol. The van der Waals surface area contributed by atoms with Gasteiger partial charge in [0.05, 0.1) is 0 Å². The van der Waals surface area contributed by atoms with E-state index >= 15 is 0 Å². The van der Waals surface area contributed by atoms with Crippen molar-refractivity contribution in [3.63, 3.8) is 0 Å². The second-order valence-electron chi connectivity index (χ2n) is 15.4. The van der Waals surface area contributed by atoms with Crippen molar-refractivity contribution in [3.05, 3.63) is 143 Å². The second-order valence-corrected chi connectivity index (χ2v) is 15.4. The van der Waals surface area contributed by atoms with E-state index in [0.29, 0.717) is 5.92 Å². The third kappa shape index (κ3) is 9.52. The summed E-state index contributed by atoms with van der Waals surface area (Å²) in [4.78, 5) is 2.38. The quantitative estimate of drug-likeness (QED) is 0.157. The van der Waals surface area contributed by atoms with Crippen LogP contribution >= 0.6 is 12.6 Å². The Morgan fingerprint density at radius 1 is 0.543 bits per heavy atom. The van der Waals surface area contributed by atoms with Crippen LogP contribution in [-0.2, 0) is 10.8 Å². The van der Waals surface area contributed by atoms with Gasteiger partial charge >= 0.3 is 0 Å². The minimum absolute atomic E-state index is 0.0713. The van der Waals surface area contributed by atoms with E-state index in [9.17, 15) is 0 Å². The smallest absolute Gasteiger partial charge is 0.0458 e. The highest BCUT2D eigenvalue weighted by Crippen LogP contribution is 2.41. The van der Waals surface area contributed by atoms with E-state index in [1.807, 2.05) is 0 Å². The Hall–Kier alpha value is -3.49. The van der Waals surface area contributed by atoms with E-state index in [0.717, 1.165) is 0 Å². The Labute approximate surface area is 286 Å². The van der Waals surface area contributed by atoms with Crippen molar-refractivity contribution < 1.29 is 0 Å². The molecule has 0 fully saturated rings. The lowest BCUT2D eigenvalue weighted by molar-refractivity contribution is 0.354. The minimum Gasteiger partial charge on any atom is -0.315 e. The predicted octanol–water partition coefficient (Wildman–Crippen LogP) is 13.3. The SMILES string of the molecule is C/C(=C\C=C(/C)N(c1ccc(C(C)(C)C)cc1)c1ccc(C(C)(C)C)cc1)C(c1ccc(-c2ccccc2)cc1)C(C)(C)C.CS. The van der Waals surface area contributed by atoms with E-state index in [-0.39, 0.29) is 16.2 Å². The van der Waals surface area contributed by atoms with Gasteiger partial charge in [-0.15, -0.1) is 0 Å². The number of allylic oxidation sites excluding steroid dienone is 4. The zero-order valence-corrected chi connectivity index (χ0v) is 31.3. The molecule has 0 aromatic heterocycles. The van der Waals surface area contributed by atoms with Crippen LogP contribution in [0.5, 0.6) is 0 Å². The van der Waals surface area contributed by atoms with Crippen LogP contribution in [0.25, 0.3) is 11.1 Å². The molecule has 0 heterocycles. The van der Waals surface area contributed by atoms with E-state index < -0.39 is 0 Å². The molecule has 46 heavy (non-hydrogen) atoms. The topological polar surface area (TPSA) is 3.24 Å². The van der Waals surface area contributed by atoms with Gasteiger partial charge in [-0.05, 0) is 94.5 Å². The van der Waals surface area contributed by atoms with Crippen molar-refractivity contribution in [1.82, 2.24) is 0 Å². The normalized spacial score (nSPS) is 13.5. The first kappa shape index (κ1) is 37.0. The van der Waals surface area contributed by atoms with Crippen molar-refractivity contribution >= 4 is 24.0 Å². The van der Waals surface area contributed by atoms with Gasteiger partial charge in [-0.1, -0.05) is 153 Å². The molecule has 0 bridgehead atoms. The number of nitrogens with zero attached hydrogens (tertiary/aromatic N) is 1. The average Bonchev–Trinajstić information content (AvgIpc) is 3.01. The molecular formula is C44H57NS. The van der Waals surface area contributed by atoms with Crippen LogP contribution in [0.2, 0.25) is 0 Å². The van der Waals surface area contributed by atoms with Gasteiger partial charge in [0.15, 0.2) is 0 Å². The Bertz CT molecular complexity index is 1510. The van der Waals surface area contributed by atoms with Crippen LogP contribution in [0.4, 0.5) is 11.4 Å². The third-order valence-corrected chi connectivity index (χ3v) is 8.60. The van der Waals surface area contributed by atoms with Crippen LogP contribution in [0.3, 0.4) is 0 Å². The zero-order valence-electron chi connectivity index (χ0n) is 30.4. The van der Waals surface area contributed by atoms with Crippen LogP contribution in [0.1, 0.15) is 98.8 Å². The largest absolute Gasteiger partial charge is 0.315 e. The number of rotatable bonds is 7. The highest BCUT2D eigenvalue weighted by Gasteiger charge is 2.27. The molecule has 0 aliphatic heterocycles. The molecule has 0 aliphatic carbocycles. The van der Waals surface area contributed by atoms with Gasteiger partial charge in [-0.25, -0.2) is 0 Å². The third-order valence-electron chi connectivity index (χ3n) is 8.60. The Morgan fingerprint density at radius 2 is 0.957 bits per heavy atom. The molecule has 0 radical (unpaired) electrons. The fraction of sp³-hybridized carbons (Fsp3) is 0.364. The van der Waals surface area contributed by atoms with E-state index in [1.165, 1.54) is 50.5 Å². The molecule has 4 aromatic rings. The summed E-state index contributed by atoms with van der Waals surface area (Å²) < 4.78 is 0. The van der Waals surface area contributed by atoms with Crippen molar-refractivity contribution in [2.45, 2.75) is 92.9 Å².